The summed E-state index contributed by atoms with van der Waals surface area (Å²) in [7, 11) is 0. The standard InChI is InChI=1S/C17H17N3O2.C2H6/c1-10(2)20-16-7-12(17(21)22)6-13(14(16)9-19-20)15-5-4-11(3)8-18-15;1-2/h4-10H,1-3H3,(H,21,22);1-2H3. The fourth-order valence-electron chi connectivity index (χ4n) is 2.52. The third kappa shape index (κ3) is 3.30. The van der Waals surface area contributed by atoms with Crippen molar-refractivity contribution < 1.29 is 9.90 Å². The van der Waals surface area contributed by atoms with E-state index in [0.29, 0.717) is 0 Å². The molecule has 0 spiro atoms. The van der Waals surface area contributed by atoms with E-state index in [-0.39, 0.29) is 11.6 Å². The van der Waals surface area contributed by atoms with Gasteiger partial charge < -0.3 is 5.11 Å². The number of aromatic nitrogens is 3. The third-order valence-electron chi connectivity index (χ3n) is 3.64. The van der Waals surface area contributed by atoms with Crippen LogP contribution >= 0.6 is 0 Å². The zero-order valence-electron chi connectivity index (χ0n) is 14.7. The van der Waals surface area contributed by atoms with Gasteiger partial charge >= 0.3 is 5.97 Å². The lowest BCUT2D eigenvalue weighted by Crippen LogP contribution is -2.04. The molecule has 1 aromatic carbocycles. The number of nitrogens with zero attached hydrogens (tertiary/aromatic N) is 3. The van der Waals surface area contributed by atoms with E-state index in [9.17, 15) is 9.90 Å². The summed E-state index contributed by atoms with van der Waals surface area (Å²) in [5, 5.41) is 14.7. The van der Waals surface area contributed by atoms with E-state index >= 15 is 0 Å². The number of benzene rings is 1. The number of hydrogen-bond acceptors (Lipinski definition) is 3. The van der Waals surface area contributed by atoms with Gasteiger partial charge in [-0.25, -0.2) is 4.79 Å². The molecule has 5 heteroatoms. The minimum atomic E-state index is -0.952. The Kier molecular flexibility index (Phi) is 5.34. The smallest absolute Gasteiger partial charge is 0.335 e. The van der Waals surface area contributed by atoms with E-state index in [1.807, 2.05) is 51.4 Å². The van der Waals surface area contributed by atoms with Crippen LogP contribution in [0.3, 0.4) is 0 Å². The number of carbonyl (C=O) groups is 1. The van der Waals surface area contributed by atoms with Crippen LogP contribution in [-0.2, 0) is 0 Å². The van der Waals surface area contributed by atoms with Crippen LogP contribution in [0.15, 0.2) is 36.7 Å². The molecule has 3 rings (SSSR count). The van der Waals surface area contributed by atoms with Crippen molar-refractivity contribution in [3.8, 4) is 11.3 Å². The van der Waals surface area contributed by atoms with E-state index in [0.717, 1.165) is 27.7 Å². The Morgan fingerprint density at radius 3 is 2.42 bits per heavy atom. The highest BCUT2D eigenvalue weighted by Crippen LogP contribution is 2.30. The van der Waals surface area contributed by atoms with E-state index in [1.54, 1.807) is 24.5 Å². The van der Waals surface area contributed by atoms with E-state index in [1.165, 1.54) is 0 Å². The van der Waals surface area contributed by atoms with Gasteiger partial charge in [-0.05, 0) is 44.5 Å². The first-order chi connectivity index (χ1) is 11.5. The summed E-state index contributed by atoms with van der Waals surface area (Å²) in [6, 6.07) is 7.36. The maximum atomic E-state index is 11.4. The monoisotopic (exact) mass is 325 g/mol. The summed E-state index contributed by atoms with van der Waals surface area (Å²) in [5.74, 6) is -0.952. The van der Waals surface area contributed by atoms with Gasteiger partial charge in [0.1, 0.15) is 0 Å². The maximum absolute atomic E-state index is 11.4. The normalized spacial score (nSPS) is 10.6. The van der Waals surface area contributed by atoms with Gasteiger partial charge in [-0.15, -0.1) is 0 Å². The van der Waals surface area contributed by atoms with Crippen LogP contribution in [0.5, 0.6) is 0 Å². The van der Waals surface area contributed by atoms with Gasteiger partial charge in [0.2, 0.25) is 0 Å². The van der Waals surface area contributed by atoms with Gasteiger partial charge in [0.05, 0.1) is 23.0 Å². The maximum Gasteiger partial charge on any atom is 0.335 e. The molecule has 1 N–H and O–H groups in total. The second kappa shape index (κ2) is 7.25. The lowest BCUT2D eigenvalue weighted by atomic mass is 10.0. The first-order valence-corrected chi connectivity index (χ1v) is 8.15. The van der Waals surface area contributed by atoms with Crippen molar-refractivity contribution in [1.82, 2.24) is 14.8 Å². The molecule has 0 amide bonds. The molecule has 0 saturated carbocycles. The van der Waals surface area contributed by atoms with Gasteiger partial charge in [-0.2, -0.15) is 5.10 Å². The highest BCUT2D eigenvalue weighted by atomic mass is 16.4. The first kappa shape index (κ1) is 17.7. The molecule has 126 valence electrons. The molecule has 3 aromatic rings. The van der Waals surface area contributed by atoms with Crippen molar-refractivity contribution in [3.05, 3.63) is 47.8 Å². The predicted molar refractivity (Wildman–Crippen MR) is 96.4 cm³/mol. The Morgan fingerprint density at radius 1 is 1.17 bits per heavy atom. The fourth-order valence-corrected chi connectivity index (χ4v) is 2.52. The van der Waals surface area contributed by atoms with Gasteiger partial charge in [0, 0.05) is 23.2 Å². The fraction of sp³-hybridized carbons (Fsp3) is 0.316. The van der Waals surface area contributed by atoms with Gasteiger partial charge in [-0.1, -0.05) is 19.9 Å². The summed E-state index contributed by atoms with van der Waals surface area (Å²) in [6.45, 7) is 10.0. The van der Waals surface area contributed by atoms with Crippen molar-refractivity contribution in [2.24, 2.45) is 0 Å². The average Bonchev–Trinajstić information content (AvgIpc) is 3.00. The van der Waals surface area contributed by atoms with Crippen LogP contribution in [0.25, 0.3) is 22.2 Å². The molecule has 0 atom stereocenters. The van der Waals surface area contributed by atoms with E-state index < -0.39 is 5.97 Å². The summed E-state index contributed by atoms with van der Waals surface area (Å²) in [6.07, 6.45) is 3.55. The zero-order valence-corrected chi connectivity index (χ0v) is 14.7. The molecule has 5 nitrogen and oxygen atoms in total. The minimum Gasteiger partial charge on any atom is -0.478 e. The predicted octanol–water partition coefficient (Wildman–Crippen LogP) is 4.71. The van der Waals surface area contributed by atoms with Crippen LogP contribution in [0.2, 0.25) is 0 Å². The molecule has 2 heterocycles. The van der Waals surface area contributed by atoms with Crippen molar-refractivity contribution in [1.29, 1.82) is 0 Å². The van der Waals surface area contributed by atoms with E-state index in [2.05, 4.69) is 10.1 Å². The van der Waals surface area contributed by atoms with Crippen molar-refractivity contribution >= 4 is 16.9 Å². The molecular formula is C19H23N3O2. The molecule has 0 bridgehead atoms. The number of rotatable bonds is 3. The number of aryl methyl sites for hydroxylation is 1. The number of pyridine rings is 1. The summed E-state index contributed by atoms with van der Waals surface area (Å²) < 4.78 is 1.83. The van der Waals surface area contributed by atoms with Crippen LogP contribution in [0.4, 0.5) is 0 Å². The van der Waals surface area contributed by atoms with E-state index in [4.69, 9.17) is 0 Å². The second-order valence-corrected chi connectivity index (χ2v) is 5.67. The molecule has 0 aliphatic carbocycles. The number of hydrogen-bond donors (Lipinski definition) is 1. The molecule has 2 aromatic heterocycles. The third-order valence-corrected chi connectivity index (χ3v) is 3.64. The van der Waals surface area contributed by atoms with Crippen LogP contribution in [0, 0.1) is 6.92 Å². The van der Waals surface area contributed by atoms with Crippen molar-refractivity contribution in [3.63, 3.8) is 0 Å². The van der Waals surface area contributed by atoms with Crippen molar-refractivity contribution in [2.75, 3.05) is 0 Å². The Labute approximate surface area is 142 Å². The van der Waals surface area contributed by atoms with Crippen LogP contribution < -0.4 is 0 Å². The van der Waals surface area contributed by atoms with Crippen LogP contribution in [-0.4, -0.2) is 25.8 Å². The number of carboxylic acids is 1. The Morgan fingerprint density at radius 2 is 1.88 bits per heavy atom. The molecule has 0 fully saturated rings. The first-order valence-electron chi connectivity index (χ1n) is 8.15. The highest BCUT2D eigenvalue weighted by molar-refractivity contribution is 6.00. The molecular weight excluding hydrogens is 302 g/mol. The van der Waals surface area contributed by atoms with Gasteiger partial charge in [0.15, 0.2) is 0 Å². The second-order valence-electron chi connectivity index (χ2n) is 5.67. The highest BCUT2D eigenvalue weighted by Gasteiger charge is 2.16. The number of fused-ring (bicyclic) bond motifs is 1. The van der Waals surface area contributed by atoms with Crippen LogP contribution in [0.1, 0.15) is 49.7 Å². The molecule has 0 saturated heterocycles. The Hall–Kier alpha value is -2.69. The quantitative estimate of drug-likeness (QED) is 0.757. The molecule has 0 aliphatic rings. The van der Waals surface area contributed by atoms with Crippen molar-refractivity contribution in [2.45, 2.75) is 40.7 Å². The summed E-state index contributed by atoms with van der Waals surface area (Å²) >= 11 is 0. The minimum absolute atomic E-state index is 0.153. The molecule has 24 heavy (non-hydrogen) atoms. The molecule has 0 radical (unpaired) electrons. The Bertz CT molecular complexity index is 849. The average molecular weight is 325 g/mol. The summed E-state index contributed by atoms with van der Waals surface area (Å²) in [4.78, 5) is 15.9. The van der Waals surface area contributed by atoms with Gasteiger partial charge in [-0.3, -0.25) is 9.67 Å². The number of carboxylic acid groups (broad SMARTS) is 1. The summed E-state index contributed by atoms with van der Waals surface area (Å²) in [5.41, 5.74) is 3.66. The largest absolute Gasteiger partial charge is 0.478 e. The Balaban J connectivity index is 0.00000100. The molecule has 0 aliphatic heterocycles. The SMILES string of the molecule is CC.Cc1ccc(-c2cc(C(=O)O)cc3c2cnn3C(C)C)nc1. The van der Waals surface area contributed by atoms with Gasteiger partial charge in [0.25, 0.3) is 0 Å². The topological polar surface area (TPSA) is 68.0 Å². The molecule has 0 unspecified atom stereocenters. The zero-order chi connectivity index (χ0) is 17.9. The number of aromatic carboxylic acids is 1. The lowest BCUT2D eigenvalue weighted by Gasteiger charge is -2.10. The lowest BCUT2D eigenvalue weighted by molar-refractivity contribution is 0.0697.